The van der Waals surface area contributed by atoms with Gasteiger partial charge in [-0.25, -0.2) is 9.13 Å². The van der Waals surface area contributed by atoms with Gasteiger partial charge >= 0.3 is 39.5 Å². The monoisotopic (exact) mass is 1520 g/mol. The summed E-state index contributed by atoms with van der Waals surface area (Å²) in [4.78, 5) is 73.0. The van der Waals surface area contributed by atoms with Crippen LogP contribution in [-0.2, 0) is 65.4 Å². The van der Waals surface area contributed by atoms with Crippen molar-refractivity contribution >= 4 is 39.5 Å². The van der Waals surface area contributed by atoms with Crippen molar-refractivity contribution in [2.45, 2.75) is 316 Å². The molecule has 5 atom stereocenters. The first-order valence-corrected chi connectivity index (χ1v) is 43.4. The van der Waals surface area contributed by atoms with Gasteiger partial charge in [0, 0.05) is 25.7 Å². The number of carbonyl (C=O) groups is 4. The number of carbonyl (C=O) groups excluding carboxylic acids is 4. The zero-order valence-corrected chi connectivity index (χ0v) is 67.6. The molecule has 0 amide bonds. The van der Waals surface area contributed by atoms with E-state index < -0.39 is 97.5 Å². The normalized spacial score (nSPS) is 14.7. The summed E-state index contributed by atoms with van der Waals surface area (Å²) in [5.41, 5.74) is 0. The van der Waals surface area contributed by atoms with E-state index in [0.717, 1.165) is 141 Å². The molecule has 2 unspecified atom stereocenters. The van der Waals surface area contributed by atoms with E-state index in [1.165, 1.54) is 64.2 Å². The smallest absolute Gasteiger partial charge is 0.462 e. The first kappa shape index (κ1) is 100. The number of phosphoric ester groups is 2. The second-order valence-corrected chi connectivity index (χ2v) is 29.1. The summed E-state index contributed by atoms with van der Waals surface area (Å²) in [7, 11) is -10.0. The van der Waals surface area contributed by atoms with Crippen molar-refractivity contribution in [3.8, 4) is 0 Å². The predicted octanol–water partition coefficient (Wildman–Crippen LogP) is 23.8. The minimum atomic E-state index is -5.02. The van der Waals surface area contributed by atoms with Crippen LogP contribution in [0.15, 0.2) is 170 Å². The summed E-state index contributed by atoms with van der Waals surface area (Å²) >= 11 is 0. The largest absolute Gasteiger partial charge is 0.472 e. The highest BCUT2D eigenvalue weighted by atomic mass is 31.2. The molecule has 0 heterocycles. The lowest BCUT2D eigenvalue weighted by molar-refractivity contribution is -0.161. The van der Waals surface area contributed by atoms with Gasteiger partial charge in [0.1, 0.15) is 19.3 Å². The number of allylic oxidation sites excluding steroid dienone is 28. The molecule has 0 aromatic rings. The van der Waals surface area contributed by atoms with Crippen molar-refractivity contribution < 1.29 is 80.2 Å². The maximum atomic E-state index is 13.1. The number of unbranched alkanes of at least 4 members (excludes halogenated alkanes) is 20. The molecule has 0 aromatic heterocycles. The summed E-state index contributed by atoms with van der Waals surface area (Å²) in [6.45, 7) is 4.43. The Morgan fingerprint density at radius 3 is 0.840 bits per heavy atom. The van der Waals surface area contributed by atoms with E-state index in [2.05, 4.69) is 161 Å². The van der Waals surface area contributed by atoms with E-state index in [9.17, 15) is 43.2 Å². The molecule has 0 rings (SSSR count). The molecule has 0 saturated heterocycles. The fourth-order valence-corrected chi connectivity index (χ4v) is 11.7. The van der Waals surface area contributed by atoms with Crippen LogP contribution in [0.5, 0.6) is 0 Å². The molecular formula is C87H142O17P2. The van der Waals surface area contributed by atoms with E-state index >= 15 is 0 Å². The van der Waals surface area contributed by atoms with Gasteiger partial charge < -0.3 is 33.8 Å². The van der Waals surface area contributed by atoms with Gasteiger partial charge in [0.25, 0.3) is 0 Å². The molecule has 0 aromatic carbocycles. The number of hydrogen-bond acceptors (Lipinski definition) is 15. The molecule has 0 saturated carbocycles. The van der Waals surface area contributed by atoms with Crippen molar-refractivity contribution in [3.05, 3.63) is 170 Å². The molecule has 106 heavy (non-hydrogen) atoms. The highest BCUT2D eigenvalue weighted by Gasteiger charge is 2.30. The van der Waals surface area contributed by atoms with Crippen LogP contribution in [0, 0.1) is 0 Å². The van der Waals surface area contributed by atoms with E-state index in [1.54, 1.807) is 0 Å². The Morgan fingerprint density at radius 1 is 0.274 bits per heavy atom. The molecule has 0 aliphatic heterocycles. The first-order valence-electron chi connectivity index (χ1n) is 40.4. The molecule has 0 radical (unpaired) electrons. The van der Waals surface area contributed by atoms with E-state index in [1.807, 2.05) is 36.5 Å². The maximum absolute atomic E-state index is 13.1. The topological polar surface area (TPSA) is 237 Å². The van der Waals surface area contributed by atoms with Crippen LogP contribution in [0.3, 0.4) is 0 Å². The summed E-state index contributed by atoms with van der Waals surface area (Å²) in [5.74, 6) is -2.40. The number of rotatable bonds is 74. The van der Waals surface area contributed by atoms with Gasteiger partial charge in [0.15, 0.2) is 12.2 Å². The quantitative estimate of drug-likeness (QED) is 0.0169. The second-order valence-electron chi connectivity index (χ2n) is 26.2. The molecular weight excluding hydrogens is 1380 g/mol. The second kappa shape index (κ2) is 77.6. The van der Waals surface area contributed by atoms with Gasteiger partial charge in [-0.2, -0.15) is 0 Å². The Hall–Kier alpha value is -5.58. The Labute approximate surface area is 642 Å². The van der Waals surface area contributed by atoms with Gasteiger partial charge in [0.05, 0.1) is 26.4 Å². The van der Waals surface area contributed by atoms with Gasteiger partial charge in [-0.1, -0.05) is 288 Å². The molecule has 0 aliphatic rings. The van der Waals surface area contributed by atoms with Crippen LogP contribution in [0.2, 0.25) is 0 Å². The number of esters is 4. The number of aliphatic hydroxyl groups is 1. The Bertz CT molecular complexity index is 2680. The summed E-state index contributed by atoms with van der Waals surface area (Å²) in [6, 6.07) is 0. The lowest BCUT2D eigenvalue weighted by atomic mass is 10.1. The Balaban J connectivity index is 5.52. The first-order chi connectivity index (χ1) is 51.7. The van der Waals surface area contributed by atoms with Crippen LogP contribution >= 0.6 is 15.6 Å². The van der Waals surface area contributed by atoms with Crippen molar-refractivity contribution in [3.63, 3.8) is 0 Å². The third kappa shape index (κ3) is 76.6. The van der Waals surface area contributed by atoms with Gasteiger partial charge in [-0.15, -0.1) is 0 Å². The molecule has 19 heteroatoms. The summed E-state index contributed by atoms with van der Waals surface area (Å²) in [5, 5.41) is 10.6. The molecule has 0 bridgehead atoms. The molecule has 0 fully saturated rings. The number of hydrogen-bond donors (Lipinski definition) is 3. The van der Waals surface area contributed by atoms with Crippen molar-refractivity contribution in [1.29, 1.82) is 0 Å². The van der Waals surface area contributed by atoms with Crippen molar-refractivity contribution in [2.75, 3.05) is 39.6 Å². The number of aliphatic hydroxyl groups excluding tert-OH is 1. The van der Waals surface area contributed by atoms with Crippen LogP contribution < -0.4 is 0 Å². The lowest BCUT2D eigenvalue weighted by Crippen LogP contribution is -2.30. The number of ether oxygens (including phenoxy) is 4. The Morgan fingerprint density at radius 2 is 0.509 bits per heavy atom. The maximum Gasteiger partial charge on any atom is 0.472 e. The van der Waals surface area contributed by atoms with Crippen LogP contribution in [0.1, 0.15) is 297 Å². The third-order valence-electron chi connectivity index (χ3n) is 16.2. The number of phosphoric acid groups is 2. The van der Waals surface area contributed by atoms with Crippen LogP contribution in [-0.4, -0.2) is 96.7 Å². The minimum absolute atomic E-state index is 0.0137. The van der Waals surface area contributed by atoms with E-state index in [-0.39, 0.29) is 25.7 Å². The lowest BCUT2D eigenvalue weighted by Gasteiger charge is -2.21. The van der Waals surface area contributed by atoms with Gasteiger partial charge in [-0.3, -0.25) is 37.3 Å². The van der Waals surface area contributed by atoms with Gasteiger partial charge in [-0.05, 0) is 154 Å². The summed E-state index contributed by atoms with van der Waals surface area (Å²) in [6.07, 6.45) is 92.2. The SMILES string of the molecule is CC/C=C\C/C=C\C/C=C\C/C=C\C/C=C\C/C=C\CCC(=O)OC[C@H](COP(=O)(O)OC[C@@H](O)COP(=O)(O)OC[C@@H](COC(=O)CCCCCCC/C=C\CCCCCCCC)OC(=O)CCCCCCC/C=C\CCCCCC)OC(=O)CC/C=C\C/C=C\C/C=C\C/C=C\C/C=C\C/C=C\CC. The standard InChI is InChI=1S/C87H142O17P2/c1-5-9-13-17-21-25-29-33-36-38-40-42-45-49-52-56-60-64-68-72-85(90)98-78-83(104-87(92)74-70-66-62-58-54-50-46-43-41-39-37-34-30-26-22-18-14-10-6-2)80-102-106(95,96)100-76-81(88)75-99-105(93,94)101-79-82(103-86(91)73-69-65-61-57-53-47-32-28-24-20-16-12-8-4)77-97-84(89)71-67-63-59-55-51-48-44-35-31-27-23-19-15-11-7-3/h9-10,13-14,21-22,25-26,28,32-37,40-44,49-50,52,54,60,62,64,66,81-83,88H,5-8,11-12,15-20,23-24,27,29-31,38-39,45-48,51,53,55-59,61,63,65,67-80H2,1-4H3,(H,93,94)(H,95,96)/b13-9-,14-10-,25-21-,26-22-,32-28-,36-33-,37-34-,42-40-,43-41-,44-35-,52-49-,54-50-,64-60-,66-62-/t81-,82+,83+/m0/s1. The fourth-order valence-electron chi connectivity index (χ4n) is 10.1. The zero-order chi connectivity index (χ0) is 77.4. The highest BCUT2D eigenvalue weighted by Crippen LogP contribution is 2.45. The van der Waals surface area contributed by atoms with Crippen molar-refractivity contribution in [2.24, 2.45) is 0 Å². The zero-order valence-electron chi connectivity index (χ0n) is 65.8. The molecule has 17 nitrogen and oxygen atoms in total. The van der Waals surface area contributed by atoms with E-state index in [4.69, 9.17) is 37.0 Å². The Kier molecular flexibility index (Phi) is 73.5. The molecule has 0 aliphatic carbocycles. The molecule has 3 N–H and O–H groups in total. The predicted molar refractivity (Wildman–Crippen MR) is 436 cm³/mol. The van der Waals surface area contributed by atoms with Crippen LogP contribution in [0.25, 0.3) is 0 Å². The average Bonchev–Trinajstić information content (AvgIpc) is 0.903. The van der Waals surface area contributed by atoms with Crippen LogP contribution in [0.4, 0.5) is 0 Å². The minimum Gasteiger partial charge on any atom is -0.462 e. The summed E-state index contributed by atoms with van der Waals surface area (Å²) < 4.78 is 68.4. The molecule has 602 valence electrons. The molecule has 0 spiro atoms. The third-order valence-corrected chi connectivity index (χ3v) is 18.1. The van der Waals surface area contributed by atoms with E-state index in [0.29, 0.717) is 38.5 Å². The highest BCUT2D eigenvalue weighted by molar-refractivity contribution is 7.47. The van der Waals surface area contributed by atoms with Gasteiger partial charge in [0.2, 0.25) is 0 Å². The average molecular weight is 1520 g/mol. The fraction of sp³-hybridized carbons (Fsp3) is 0.632. The van der Waals surface area contributed by atoms with Crippen molar-refractivity contribution in [1.82, 2.24) is 0 Å².